The van der Waals surface area contributed by atoms with Crippen molar-refractivity contribution < 1.29 is 24.2 Å². The number of aliphatic carboxylic acids is 1. The molecule has 2 aromatic carbocycles. The highest BCUT2D eigenvalue weighted by molar-refractivity contribution is 5.87. The summed E-state index contributed by atoms with van der Waals surface area (Å²) < 4.78 is 5.59. The maximum Gasteiger partial charge on any atom is 0.407 e. The van der Waals surface area contributed by atoms with Crippen LogP contribution >= 0.6 is 0 Å². The number of rotatable bonds is 6. The van der Waals surface area contributed by atoms with Crippen LogP contribution in [0.25, 0.3) is 11.1 Å². The van der Waals surface area contributed by atoms with Crippen molar-refractivity contribution in [2.24, 2.45) is 11.8 Å². The van der Waals surface area contributed by atoms with E-state index < -0.39 is 24.0 Å². The Labute approximate surface area is 204 Å². The predicted octanol–water partition coefficient (Wildman–Crippen LogP) is 3.63. The molecular weight excluding hydrogens is 444 g/mol. The van der Waals surface area contributed by atoms with Crippen LogP contribution in [0.3, 0.4) is 0 Å². The summed E-state index contributed by atoms with van der Waals surface area (Å²) in [7, 11) is 0. The van der Waals surface area contributed by atoms with Crippen molar-refractivity contribution in [3.63, 3.8) is 0 Å². The van der Waals surface area contributed by atoms with Gasteiger partial charge in [0.1, 0.15) is 12.6 Å². The summed E-state index contributed by atoms with van der Waals surface area (Å²) in [4.78, 5) is 39.4. The molecule has 2 N–H and O–H groups in total. The van der Waals surface area contributed by atoms with Gasteiger partial charge in [-0.3, -0.25) is 9.59 Å². The van der Waals surface area contributed by atoms with Crippen LogP contribution < -0.4 is 5.32 Å². The van der Waals surface area contributed by atoms with Gasteiger partial charge in [-0.25, -0.2) is 4.79 Å². The Bertz CT molecular complexity index is 1160. The summed E-state index contributed by atoms with van der Waals surface area (Å²) in [6.45, 7) is 0.632. The van der Waals surface area contributed by atoms with Crippen molar-refractivity contribution >= 4 is 18.0 Å². The van der Waals surface area contributed by atoms with Crippen LogP contribution in [0, 0.1) is 24.2 Å². The molecule has 2 amide bonds. The molecule has 6 rings (SSSR count). The molecule has 0 radical (unpaired) electrons. The molecule has 2 heterocycles. The second-order valence-corrected chi connectivity index (χ2v) is 9.61. The third-order valence-corrected chi connectivity index (χ3v) is 7.63. The first-order valence-electron chi connectivity index (χ1n) is 12.1. The normalized spacial score (nSPS) is 23.1. The van der Waals surface area contributed by atoms with Crippen LogP contribution in [0.15, 0.2) is 48.5 Å². The smallest absolute Gasteiger partial charge is 0.407 e. The van der Waals surface area contributed by atoms with Crippen LogP contribution in [-0.4, -0.2) is 53.2 Å². The number of amides is 2. The zero-order chi connectivity index (χ0) is 24.5. The number of hydrogen-bond acceptors (Lipinski definition) is 4. The highest BCUT2D eigenvalue weighted by Crippen LogP contribution is 2.44. The lowest BCUT2D eigenvalue weighted by Crippen LogP contribution is -2.61. The zero-order valence-electron chi connectivity index (χ0n) is 19.4. The molecule has 0 spiro atoms. The molecule has 4 aliphatic rings. The first-order valence-corrected chi connectivity index (χ1v) is 12.1. The summed E-state index contributed by atoms with van der Waals surface area (Å²) in [5.74, 6) is 0.733. The van der Waals surface area contributed by atoms with Gasteiger partial charge in [0.15, 0.2) is 0 Å². The number of ether oxygens (including phenoxy) is 1. The summed E-state index contributed by atoms with van der Waals surface area (Å²) in [6, 6.07) is 14.8. The quantitative estimate of drug-likeness (QED) is 0.626. The van der Waals surface area contributed by atoms with E-state index in [4.69, 9.17) is 11.2 Å². The Balaban J connectivity index is 1.26. The number of benzene rings is 2. The predicted molar refractivity (Wildman–Crippen MR) is 129 cm³/mol. The molecule has 2 aliphatic heterocycles. The second kappa shape index (κ2) is 9.46. The number of piperidine rings is 2. The minimum atomic E-state index is -0.954. The van der Waals surface area contributed by atoms with Crippen molar-refractivity contribution in [3.8, 4) is 23.5 Å². The fourth-order valence-corrected chi connectivity index (χ4v) is 6.01. The van der Waals surface area contributed by atoms with Crippen LogP contribution in [0.1, 0.15) is 42.7 Å². The van der Waals surface area contributed by atoms with Crippen LogP contribution in [0.2, 0.25) is 0 Å². The van der Waals surface area contributed by atoms with Crippen LogP contribution in [0.4, 0.5) is 4.79 Å². The van der Waals surface area contributed by atoms with Gasteiger partial charge in [-0.2, -0.15) is 0 Å². The number of carboxylic acid groups (broad SMARTS) is 1. The molecule has 4 unspecified atom stereocenters. The lowest BCUT2D eigenvalue weighted by atomic mass is 9.72. The highest BCUT2D eigenvalue weighted by atomic mass is 16.5. The van der Waals surface area contributed by atoms with E-state index in [0.29, 0.717) is 19.4 Å². The lowest BCUT2D eigenvalue weighted by Gasteiger charge is -2.49. The van der Waals surface area contributed by atoms with Gasteiger partial charge in [0, 0.05) is 24.9 Å². The molecule has 35 heavy (non-hydrogen) atoms. The van der Waals surface area contributed by atoms with Gasteiger partial charge in [-0.1, -0.05) is 48.5 Å². The Kier molecular flexibility index (Phi) is 6.21. The molecule has 3 fully saturated rings. The molecule has 1 saturated carbocycles. The first-order chi connectivity index (χ1) is 17.0. The number of nitrogens with one attached hydrogen (secondary N) is 1. The van der Waals surface area contributed by atoms with E-state index in [2.05, 4.69) is 23.4 Å². The maximum absolute atomic E-state index is 13.3. The highest BCUT2D eigenvalue weighted by Gasteiger charge is 2.47. The number of carbonyl (C=O) groups excluding carboxylic acids is 2. The summed E-state index contributed by atoms with van der Waals surface area (Å²) >= 11 is 0. The number of terminal acetylenes is 1. The average Bonchev–Trinajstić information content (AvgIpc) is 3.20. The number of nitrogens with zero attached hydrogens (tertiary/aromatic N) is 1. The van der Waals surface area contributed by atoms with E-state index >= 15 is 0 Å². The molecule has 0 aromatic heterocycles. The van der Waals surface area contributed by atoms with Crippen LogP contribution in [0.5, 0.6) is 0 Å². The minimum Gasteiger partial charge on any atom is -0.481 e. The third kappa shape index (κ3) is 4.25. The molecule has 2 aliphatic carbocycles. The Morgan fingerprint density at radius 3 is 2.34 bits per heavy atom. The maximum atomic E-state index is 13.3. The molecule has 4 atom stereocenters. The van der Waals surface area contributed by atoms with E-state index in [-0.39, 0.29) is 36.8 Å². The average molecular weight is 473 g/mol. The number of carboxylic acids is 1. The van der Waals surface area contributed by atoms with Gasteiger partial charge in [-0.05, 0) is 47.4 Å². The SMILES string of the molecule is C#CCC(NC(=O)OCC1c2ccccc2-c2ccccc21)C(=O)N1CC2CCC1C(C(=O)O)C2. The summed E-state index contributed by atoms with van der Waals surface area (Å²) in [5, 5.41) is 12.2. The first kappa shape index (κ1) is 23.0. The molecule has 7 heteroatoms. The van der Waals surface area contributed by atoms with Gasteiger partial charge in [0.05, 0.1) is 5.92 Å². The van der Waals surface area contributed by atoms with E-state index in [0.717, 1.165) is 28.7 Å². The van der Waals surface area contributed by atoms with Gasteiger partial charge in [0.25, 0.3) is 0 Å². The van der Waals surface area contributed by atoms with Crippen molar-refractivity contribution in [2.45, 2.75) is 43.7 Å². The Hall–Kier alpha value is -3.79. The van der Waals surface area contributed by atoms with Crippen molar-refractivity contribution in [2.75, 3.05) is 13.2 Å². The number of alkyl carbamates (subject to hydrolysis) is 1. The van der Waals surface area contributed by atoms with Gasteiger partial charge < -0.3 is 20.1 Å². The minimum absolute atomic E-state index is 0.00858. The summed E-state index contributed by atoms with van der Waals surface area (Å²) in [5.41, 5.74) is 4.46. The topological polar surface area (TPSA) is 95.9 Å². The van der Waals surface area contributed by atoms with Gasteiger partial charge in [0.2, 0.25) is 5.91 Å². The van der Waals surface area contributed by atoms with E-state index in [1.165, 1.54) is 0 Å². The third-order valence-electron chi connectivity index (χ3n) is 7.63. The zero-order valence-corrected chi connectivity index (χ0v) is 19.4. The van der Waals surface area contributed by atoms with Gasteiger partial charge >= 0.3 is 12.1 Å². The lowest BCUT2D eigenvalue weighted by molar-refractivity contribution is -0.156. The monoisotopic (exact) mass is 472 g/mol. The van der Waals surface area contributed by atoms with E-state index in [1.54, 1.807) is 4.90 Å². The molecule has 180 valence electrons. The Morgan fingerprint density at radius 1 is 1.09 bits per heavy atom. The fraction of sp³-hybridized carbons (Fsp3) is 0.393. The molecule has 2 aromatic rings. The van der Waals surface area contributed by atoms with Crippen molar-refractivity contribution in [1.82, 2.24) is 10.2 Å². The second-order valence-electron chi connectivity index (χ2n) is 9.61. The van der Waals surface area contributed by atoms with Crippen LogP contribution in [-0.2, 0) is 14.3 Å². The van der Waals surface area contributed by atoms with Crippen molar-refractivity contribution in [1.29, 1.82) is 0 Å². The molecule has 2 saturated heterocycles. The fourth-order valence-electron chi connectivity index (χ4n) is 6.01. The molecule has 7 nitrogen and oxygen atoms in total. The van der Waals surface area contributed by atoms with Crippen molar-refractivity contribution in [3.05, 3.63) is 59.7 Å². The van der Waals surface area contributed by atoms with Gasteiger partial charge in [-0.15, -0.1) is 12.3 Å². The molecular formula is C28H28N2O5. The number of hydrogen-bond donors (Lipinski definition) is 2. The van der Waals surface area contributed by atoms with E-state index in [9.17, 15) is 19.5 Å². The molecule has 2 bridgehead atoms. The number of carbonyl (C=O) groups is 3. The van der Waals surface area contributed by atoms with E-state index in [1.807, 2.05) is 36.4 Å². The largest absolute Gasteiger partial charge is 0.481 e. The summed E-state index contributed by atoms with van der Waals surface area (Å²) in [6.07, 6.45) is 6.95. The number of fused-ring (bicyclic) bond motifs is 6. The standard InChI is InChI=1S/C28H28N2O5/c1-2-7-24(26(31)30-15-17-12-13-25(30)22(14-17)27(32)33)29-28(34)35-16-23-20-10-5-3-8-18(20)19-9-4-6-11-21(19)23/h1,3-6,8-11,17,22-25H,7,12-16H2,(H,29,34)(H,32,33). The Morgan fingerprint density at radius 2 is 1.74 bits per heavy atom.